The van der Waals surface area contributed by atoms with Crippen molar-refractivity contribution >= 4 is 33.5 Å². The van der Waals surface area contributed by atoms with Gasteiger partial charge in [-0.15, -0.1) is 21.5 Å². The van der Waals surface area contributed by atoms with Crippen LogP contribution >= 0.6 is 11.3 Å². The Kier molecular flexibility index (Phi) is 5.36. The Balaban J connectivity index is 1.12. The van der Waals surface area contributed by atoms with Gasteiger partial charge < -0.3 is 19.6 Å². The van der Waals surface area contributed by atoms with Gasteiger partial charge >= 0.3 is 6.09 Å². The molecule has 3 aromatic heterocycles. The van der Waals surface area contributed by atoms with Gasteiger partial charge in [-0.05, 0) is 31.4 Å². The van der Waals surface area contributed by atoms with Gasteiger partial charge in [0.15, 0.2) is 5.82 Å². The van der Waals surface area contributed by atoms with Crippen LogP contribution in [0.3, 0.4) is 0 Å². The van der Waals surface area contributed by atoms with Gasteiger partial charge in [-0.1, -0.05) is 12.1 Å². The largest absolute Gasteiger partial charge is 0.465 e. The summed E-state index contributed by atoms with van der Waals surface area (Å²) in [6, 6.07) is 8.50. The second kappa shape index (κ2) is 8.77. The summed E-state index contributed by atoms with van der Waals surface area (Å²) in [5.74, 6) is 1.56. The number of hydrogen-bond acceptors (Lipinski definition) is 8. The molecule has 3 unspecified atom stereocenters. The molecular formula is C26H27N7O3S. The molecule has 1 saturated carbocycles. The van der Waals surface area contributed by atoms with Crippen molar-refractivity contribution in [1.29, 1.82) is 0 Å². The zero-order valence-electron chi connectivity index (χ0n) is 20.4. The summed E-state index contributed by atoms with van der Waals surface area (Å²) in [5, 5.41) is 22.9. The number of fused-ring (bicyclic) bond motifs is 2. The van der Waals surface area contributed by atoms with Crippen molar-refractivity contribution in [3.05, 3.63) is 42.2 Å². The predicted octanol–water partition coefficient (Wildman–Crippen LogP) is 4.36. The van der Waals surface area contributed by atoms with Crippen molar-refractivity contribution in [2.75, 3.05) is 31.6 Å². The van der Waals surface area contributed by atoms with Gasteiger partial charge in [0.25, 0.3) is 0 Å². The first-order valence-electron chi connectivity index (χ1n) is 12.7. The third kappa shape index (κ3) is 3.84. The zero-order chi connectivity index (χ0) is 25.1. The third-order valence-corrected chi connectivity index (χ3v) is 8.86. The first-order chi connectivity index (χ1) is 18.1. The number of carbonyl (C=O) groups is 1. The van der Waals surface area contributed by atoms with Crippen molar-refractivity contribution in [1.82, 2.24) is 29.9 Å². The molecule has 1 amide bonds. The number of hydrogen-bond donors (Lipinski definition) is 1. The first kappa shape index (κ1) is 22.6. The van der Waals surface area contributed by atoms with Gasteiger partial charge in [0.2, 0.25) is 0 Å². The molecule has 0 spiro atoms. The molecule has 3 aliphatic rings. The molecule has 0 radical (unpaired) electrons. The second-order valence-corrected chi connectivity index (χ2v) is 11.0. The van der Waals surface area contributed by atoms with Crippen LogP contribution in [0.5, 0.6) is 0 Å². The quantitative estimate of drug-likeness (QED) is 0.416. The number of aromatic nitrogens is 5. The SMILES string of the molecule is CN(c1ccc(-c2ccc(-c3cnn(C4CCCCO4)c3)c3ncsc23)nn1)C1C2CN(C(=O)O)CC21. The number of piperidine rings is 1. The van der Waals surface area contributed by atoms with Crippen molar-refractivity contribution in [2.24, 2.45) is 11.8 Å². The lowest BCUT2D eigenvalue weighted by Gasteiger charge is -2.23. The highest BCUT2D eigenvalue weighted by Gasteiger charge is 2.59. The summed E-state index contributed by atoms with van der Waals surface area (Å²) in [6.07, 6.45) is 6.37. The third-order valence-electron chi connectivity index (χ3n) is 8.00. The summed E-state index contributed by atoms with van der Waals surface area (Å²) in [7, 11) is 2.02. The van der Waals surface area contributed by atoms with E-state index in [1.165, 1.54) is 4.90 Å². The normalized spacial score (nSPS) is 24.8. The monoisotopic (exact) mass is 517 g/mol. The fraction of sp³-hybridized carbons (Fsp3) is 0.423. The summed E-state index contributed by atoms with van der Waals surface area (Å²) >= 11 is 1.60. The van der Waals surface area contributed by atoms with E-state index in [9.17, 15) is 9.90 Å². The van der Waals surface area contributed by atoms with Gasteiger partial charge in [0.1, 0.15) is 6.23 Å². The number of ether oxygens (including phenoxy) is 1. The van der Waals surface area contributed by atoms with E-state index in [4.69, 9.17) is 4.74 Å². The minimum atomic E-state index is -0.829. The maximum Gasteiger partial charge on any atom is 0.407 e. The van der Waals surface area contributed by atoms with Crippen LogP contribution in [-0.4, -0.2) is 73.8 Å². The predicted molar refractivity (Wildman–Crippen MR) is 139 cm³/mol. The molecular weight excluding hydrogens is 490 g/mol. The van der Waals surface area contributed by atoms with E-state index in [-0.39, 0.29) is 6.23 Å². The molecule has 10 nitrogen and oxygen atoms in total. The summed E-state index contributed by atoms with van der Waals surface area (Å²) in [5.41, 5.74) is 6.68. The molecule has 7 rings (SSSR count). The van der Waals surface area contributed by atoms with E-state index in [0.29, 0.717) is 31.0 Å². The molecule has 2 saturated heterocycles. The number of benzene rings is 1. The van der Waals surface area contributed by atoms with Gasteiger partial charge in [-0.2, -0.15) is 5.10 Å². The number of carboxylic acid groups (broad SMARTS) is 1. The summed E-state index contributed by atoms with van der Waals surface area (Å²) in [6.45, 7) is 1.98. The van der Waals surface area contributed by atoms with Gasteiger partial charge in [-0.3, -0.25) is 0 Å². The lowest BCUT2D eigenvalue weighted by atomic mass is 10.0. The Morgan fingerprint density at radius 2 is 1.97 bits per heavy atom. The average Bonchev–Trinajstić information content (AvgIpc) is 3.43. The Bertz CT molecular complexity index is 1450. The van der Waals surface area contributed by atoms with Crippen LogP contribution in [0.4, 0.5) is 10.6 Å². The van der Waals surface area contributed by atoms with Crippen molar-refractivity contribution in [2.45, 2.75) is 31.5 Å². The molecule has 37 heavy (non-hydrogen) atoms. The fourth-order valence-corrected chi connectivity index (χ4v) is 6.82. The van der Waals surface area contributed by atoms with Crippen LogP contribution in [0.15, 0.2) is 42.2 Å². The van der Waals surface area contributed by atoms with Gasteiger partial charge in [0, 0.05) is 67.5 Å². The maximum atomic E-state index is 11.2. The number of nitrogens with zero attached hydrogens (tertiary/aromatic N) is 7. The van der Waals surface area contributed by atoms with Crippen molar-refractivity contribution < 1.29 is 14.6 Å². The number of anilines is 1. The van der Waals surface area contributed by atoms with Gasteiger partial charge in [-0.25, -0.2) is 14.5 Å². The molecule has 5 heterocycles. The minimum absolute atomic E-state index is 0.00549. The van der Waals surface area contributed by atoms with Crippen LogP contribution in [0.1, 0.15) is 25.5 Å². The van der Waals surface area contributed by atoms with Crippen LogP contribution in [0.2, 0.25) is 0 Å². The number of likely N-dealkylation sites (tertiary alicyclic amines) is 1. The van der Waals surface area contributed by atoms with Gasteiger partial charge in [0.05, 0.1) is 27.6 Å². The van der Waals surface area contributed by atoms with E-state index >= 15 is 0 Å². The Labute approximate surface area is 217 Å². The summed E-state index contributed by atoms with van der Waals surface area (Å²) in [4.78, 5) is 19.5. The standard InChI is InChI=1S/C26H27N7O3S/c1-31(24-18-12-32(26(34)35)13-19(18)24)21-8-7-20(29-30-21)17-6-5-16(23-25(17)37-14-27-23)15-10-28-33(11-15)22-4-2-3-9-36-22/h5-8,10-11,14,18-19,22,24H,2-4,9,12-13H2,1H3,(H,34,35). The smallest absolute Gasteiger partial charge is 0.407 e. The Hall–Kier alpha value is -3.57. The van der Waals surface area contributed by atoms with Crippen LogP contribution in [-0.2, 0) is 4.74 Å². The zero-order valence-corrected chi connectivity index (χ0v) is 21.2. The maximum absolute atomic E-state index is 11.2. The second-order valence-electron chi connectivity index (χ2n) is 10.1. The highest BCUT2D eigenvalue weighted by Crippen LogP contribution is 2.49. The molecule has 2 aliphatic heterocycles. The average molecular weight is 518 g/mol. The van der Waals surface area contributed by atoms with Crippen molar-refractivity contribution in [3.8, 4) is 22.4 Å². The highest BCUT2D eigenvalue weighted by atomic mass is 32.1. The Morgan fingerprint density at radius 1 is 1.14 bits per heavy atom. The molecule has 0 bridgehead atoms. The van der Waals surface area contributed by atoms with Crippen LogP contribution in [0, 0.1) is 11.8 Å². The van der Waals surface area contributed by atoms with E-state index < -0.39 is 6.09 Å². The summed E-state index contributed by atoms with van der Waals surface area (Å²) < 4.78 is 8.88. The Morgan fingerprint density at radius 3 is 2.70 bits per heavy atom. The number of thiazole rings is 1. The highest BCUT2D eigenvalue weighted by molar-refractivity contribution is 7.17. The molecule has 1 aromatic carbocycles. The number of amides is 1. The molecule has 1 aliphatic carbocycles. The van der Waals surface area contributed by atoms with E-state index in [1.807, 2.05) is 35.6 Å². The van der Waals surface area contributed by atoms with Crippen molar-refractivity contribution in [3.63, 3.8) is 0 Å². The molecule has 4 aromatic rings. The fourth-order valence-electron chi connectivity index (χ4n) is 5.99. The molecule has 1 N–H and O–H groups in total. The molecule has 11 heteroatoms. The molecule has 3 fully saturated rings. The lowest BCUT2D eigenvalue weighted by molar-refractivity contribution is -0.0394. The minimum Gasteiger partial charge on any atom is -0.465 e. The molecule has 3 atom stereocenters. The number of rotatable bonds is 5. The van der Waals surface area contributed by atoms with E-state index in [2.05, 4.69) is 43.5 Å². The van der Waals surface area contributed by atoms with E-state index in [1.54, 1.807) is 11.3 Å². The van der Waals surface area contributed by atoms with Crippen LogP contribution in [0.25, 0.3) is 32.6 Å². The lowest BCUT2D eigenvalue weighted by Crippen LogP contribution is -2.35. The first-order valence-corrected chi connectivity index (χ1v) is 13.5. The van der Waals surface area contributed by atoms with Crippen LogP contribution < -0.4 is 4.90 Å². The molecule has 190 valence electrons. The van der Waals surface area contributed by atoms with E-state index in [0.717, 1.165) is 64.3 Å². The topological polar surface area (TPSA) is 110 Å².